The highest BCUT2D eigenvalue weighted by atomic mass is 16.5. The van der Waals surface area contributed by atoms with Crippen molar-refractivity contribution in [1.82, 2.24) is 4.98 Å². The molecule has 1 aliphatic heterocycles. The van der Waals surface area contributed by atoms with E-state index in [1.165, 1.54) is 15.8 Å². The molecule has 172 valence electrons. The highest BCUT2D eigenvalue weighted by Crippen LogP contribution is 2.42. The van der Waals surface area contributed by atoms with Crippen LogP contribution < -0.4 is 9.64 Å². The van der Waals surface area contributed by atoms with Gasteiger partial charge in [-0.25, -0.2) is 4.79 Å². The van der Waals surface area contributed by atoms with Crippen molar-refractivity contribution < 1.29 is 23.6 Å². The summed E-state index contributed by atoms with van der Waals surface area (Å²) in [7, 11) is 0. The van der Waals surface area contributed by atoms with Crippen LogP contribution in [0.4, 0.5) is 0 Å². The number of furan rings is 1. The molecule has 5 aromatic rings. The van der Waals surface area contributed by atoms with Gasteiger partial charge in [0, 0.05) is 39.7 Å². The minimum atomic E-state index is -0.345. The average Bonchev–Trinajstić information content (AvgIpc) is 3.44. The van der Waals surface area contributed by atoms with Crippen LogP contribution in [0, 0.1) is 6.92 Å². The number of rotatable bonds is 5. The fraction of sp³-hybridized carbons (Fsp3) is 0.250. The van der Waals surface area contributed by atoms with E-state index in [9.17, 15) is 4.79 Å². The maximum absolute atomic E-state index is 12.9. The molecule has 6 heteroatoms. The normalized spacial score (nSPS) is 15.5. The second-order valence-corrected chi connectivity index (χ2v) is 8.89. The van der Waals surface area contributed by atoms with Crippen molar-refractivity contribution in [1.29, 1.82) is 0 Å². The monoisotopic (exact) mass is 455 g/mol. The number of carbonyl (C=O) groups excluding carboxylic acids is 1. The van der Waals surface area contributed by atoms with Gasteiger partial charge >= 0.3 is 5.97 Å². The minimum Gasteiger partial charge on any atom is -0.462 e. The van der Waals surface area contributed by atoms with Crippen molar-refractivity contribution in [3.8, 4) is 5.75 Å². The molecule has 0 amide bonds. The highest BCUT2D eigenvalue weighted by Gasteiger charge is 2.32. The van der Waals surface area contributed by atoms with Gasteiger partial charge in [0.25, 0.3) is 0 Å². The number of quaternary nitrogens is 1. The van der Waals surface area contributed by atoms with Gasteiger partial charge in [-0.3, -0.25) is 4.90 Å². The summed E-state index contributed by atoms with van der Waals surface area (Å²) in [6.07, 6.45) is 3.04. The Bertz CT molecular complexity index is 1540. The van der Waals surface area contributed by atoms with E-state index < -0.39 is 0 Å². The number of H-pyrrole nitrogens is 1. The fourth-order valence-electron chi connectivity index (χ4n) is 5.25. The van der Waals surface area contributed by atoms with Gasteiger partial charge in [0.05, 0.1) is 18.7 Å². The number of nitrogens with one attached hydrogen (secondary N) is 2. The fourth-order valence-corrected chi connectivity index (χ4v) is 5.25. The van der Waals surface area contributed by atoms with E-state index in [1.54, 1.807) is 0 Å². The summed E-state index contributed by atoms with van der Waals surface area (Å²) in [6.45, 7) is 6.22. The van der Waals surface area contributed by atoms with Gasteiger partial charge in [-0.1, -0.05) is 42.5 Å². The summed E-state index contributed by atoms with van der Waals surface area (Å²) < 4.78 is 18.0. The van der Waals surface area contributed by atoms with Crippen LogP contribution in [0.25, 0.3) is 32.6 Å². The van der Waals surface area contributed by atoms with Gasteiger partial charge in [0.2, 0.25) is 6.73 Å². The van der Waals surface area contributed by atoms with Crippen LogP contribution in [0.5, 0.6) is 5.75 Å². The predicted octanol–water partition coefficient (Wildman–Crippen LogP) is 4.53. The number of aryl methyl sites for hydroxylation is 1. The minimum absolute atomic E-state index is 0.319. The van der Waals surface area contributed by atoms with Crippen molar-refractivity contribution >= 4 is 38.6 Å². The second kappa shape index (κ2) is 8.22. The van der Waals surface area contributed by atoms with Crippen LogP contribution in [0.2, 0.25) is 0 Å². The lowest BCUT2D eigenvalue weighted by molar-refractivity contribution is -0.932. The molecule has 1 aliphatic rings. The molecule has 2 aromatic heterocycles. The summed E-state index contributed by atoms with van der Waals surface area (Å²) in [5.41, 5.74) is 4.74. The maximum Gasteiger partial charge on any atom is 0.342 e. The third-order valence-corrected chi connectivity index (χ3v) is 6.83. The van der Waals surface area contributed by atoms with Crippen molar-refractivity contribution in [2.45, 2.75) is 26.8 Å². The van der Waals surface area contributed by atoms with Crippen molar-refractivity contribution in [2.24, 2.45) is 0 Å². The summed E-state index contributed by atoms with van der Waals surface area (Å²) in [6, 6.07) is 16.5. The number of hydrogen-bond donors (Lipinski definition) is 2. The molecule has 3 heterocycles. The molecule has 0 fully saturated rings. The molecular formula is C28H27N2O4+. The zero-order valence-corrected chi connectivity index (χ0v) is 19.4. The standard InChI is InChI=1S/C28H26N2O4/c1-3-32-28(31)24-17(2)34-27-21-10-5-4-9-20(21)26-22(25(24)27)15-30(16-33-26)13-12-18-14-29-23-11-7-6-8-19(18)23/h4-11,14,29H,3,12-13,15-16H2,1-2H3/p+1. The van der Waals surface area contributed by atoms with E-state index >= 15 is 0 Å². The van der Waals surface area contributed by atoms with Crippen LogP contribution in [-0.2, 0) is 17.7 Å². The molecule has 34 heavy (non-hydrogen) atoms. The summed E-state index contributed by atoms with van der Waals surface area (Å²) >= 11 is 0. The summed E-state index contributed by atoms with van der Waals surface area (Å²) in [5.74, 6) is 1.09. The molecule has 0 saturated heterocycles. The number of esters is 1. The van der Waals surface area contributed by atoms with Gasteiger partial charge < -0.3 is 18.9 Å². The Morgan fingerprint density at radius 2 is 1.85 bits per heavy atom. The lowest BCUT2D eigenvalue weighted by Crippen LogP contribution is -3.12. The molecule has 2 N–H and O–H groups in total. The SMILES string of the molecule is CCOC(=O)c1c(C)oc2c1c1c(c3ccccc32)OC[NH+](CCc2c[nH]c3ccccc23)C1. The number of ether oxygens (including phenoxy) is 2. The lowest BCUT2D eigenvalue weighted by atomic mass is 9.96. The van der Waals surface area contributed by atoms with Crippen LogP contribution in [0.3, 0.4) is 0 Å². The smallest absolute Gasteiger partial charge is 0.342 e. The molecular weight excluding hydrogens is 428 g/mol. The third-order valence-electron chi connectivity index (χ3n) is 6.83. The Morgan fingerprint density at radius 1 is 1.09 bits per heavy atom. The highest BCUT2D eigenvalue weighted by molar-refractivity contribution is 6.16. The zero-order chi connectivity index (χ0) is 23.2. The molecule has 0 aliphatic carbocycles. The molecule has 6 nitrogen and oxygen atoms in total. The number of para-hydroxylation sites is 1. The Kier molecular flexibility index (Phi) is 5.03. The molecule has 0 saturated carbocycles. The van der Waals surface area contributed by atoms with Crippen molar-refractivity contribution in [2.75, 3.05) is 19.9 Å². The van der Waals surface area contributed by atoms with E-state index in [-0.39, 0.29) is 5.97 Å². The predicted molar refractivity (Wildman–Crippen MR) is 131 cm³/mol. The van der Waals surface area contributed by atoms with Gasteiger partial charge in [0.15, 0.2) is 0 Å². The molecule has 3 aromatic carbocycles. The Labute approximate surface area is 197 Å². The van der Waals surface area contributed by atoms with Crippen molar-refractivity contribution in [3.05, 3.63) is 77.2 Å². The van der Waals surface area contributed by atoms with E-state index in [2.05, 4.69) is 35.4 Å². The number of carbonyl (C=O) groups is 1. The quantitative estimate of drug-likeness (QED) is 0.382. The van der Waals surface area contributed by atoms with Crippen molar-refractivity contribution in [3.63, 3.8) is 0 Å². The maximum atomic E-state index is 12.9. The van der Waals surface area contributed by atoms with Crippen LogP contribution in [0.15, 0.2) is 59.1 Å². The molecule has 0 bridgehead atoms. The van der Waals surface area contributed by atoms with Crippen LogP contribution in [0.1, 0.15) is 34.2 Å². The Hall–Kier alpha value is -3.77. The van der Waals surface area contributed by atoms with Gasteiger partial charge in [-0.15, -0.1) is 0 Å². The summed E-state index contributed by atoms with van der Waals surface area (Å²) in [4.78, 5) is 17.6. The first-order chi connectivity index (χ1) is 16.7. The number of benzene rings is 3. The summed E-state index contributed by atoms with van der Waals surface area (Å²) in [5, 5.41) is 4.07. The largest absolute Gasteiger partial charge is 0.462 e. The van der Waals surface area contributed by atoms with Crippen LogP contribution in [-0.4, -0.2) is 30.8 Å². The number of aromatic nitrogens is 1. The lowest BCUT2D eigenvalue weighted by Gasteiger charge is -2.27. The topological polar surface area (TPSA) is 68.9 Å². The Morgan fingerprint density at radius 3 is 2.68 bits per heavy atom. The number of hydrogen-bond acceptors (Lipinski definition) is 4. The van der Waals surface area contributed by atoms with E-state index in [4.69, 9.17) is 13.9 Å². The van der Waals surface area contributed by atoms with Gasteiger partial charge in [-0.05, 0) is 25.5 Å². The zero-order valence-electron chi connectivity index (χ0n) is 19.4. The number of aromatic amines is 1. The molecule has 6 rings (SSSR count). The van der Waals surface area contributed by atoms with Gasteiger partial charge in [0.1, 0.15) is 29.2 Å². The molecule has 0 spiro atoms. The van der Waals surface area contributed by atoms with E-state index in [0.29, 0.717) is 24.7 Å². The van der Waals surface area contributed by atoms with E-state index in [0.717, 1.165) is 58.1 Å². The molecule has 1 atom stereocenters. The second-order valence-electron chi connectivity index (χ2n) is 8.89. The molecule has 0 radical (unpaired) electrons. The van der Waals surface area contributed by atoms with Crippen LogP contribution >= 0.6 is 0 Å². The van der Waals surface area contributed by atoms with E-state index in [1.807, 2.05) is 38.1 Å². The number of fused-ring (bicyclic) bond motifs is 7. The molecule has 1 unspecified atom stereocenters. The Balaban J connectivity index is 1.41. The first kappa shape index (κ1) is 20.8. The average molecular weight is 456 g/mol. The third kappa shape index (κ3) is 3.25. The first-order valence-corrected chi connectivity index (χ1v) is 11.8. The van der Waals surface area contributed by atoms with Gasteiger partial charge in [-0.2, -0.15) is 0 Å². The first-order valence-electron chi connectivity index (χ1n) is 11.8.